The van der Waals surface area contributed by atoms with Gasteiger partial charge in [0, 0.05) is 30.9 Å². The fourth-order valence-corrected chi connectivity index (χ4v) is 3.48. The maximum Gasteiger partial charge on any atom is 0.419 e. The van der Waals surface area contributed by atoms with E-state index in [0.717, 1.165) is 18.5 Å². The molecule has 0 bridgehead atoms. The van der Waals surface area contributed by atoms with E-state index in [0.29, 0.717) is 35.6 Å². The lowest BCUT2D eigenvalue weighted by Gasteiger charge is -2.23. The van der Waals surface area contributed by atoms with E-state index < -0.39 is 5.76 Å². The smallest absolute Gasteiger partial charge is 0.408 e. The van der Waals surface area contributed by atoms with Crippen LogP contribution in [0.5, 0.6) is 0 Å². The zero-order valence-electron chi connectivity index (χ0n) is 14.7. The van der Waals surface area contributed by atoms with Crippen molar-refractivity contribution < 1.29 is 13.7 Å². The minimum absolute atomic E-state index is 0.112. The predicted octanol–water partition coefficient (Wildman–Crippen LogP) is 3.28. The van der Waals surface area contributed by atoms with Gasteiger partial charge in [0.2, 0.25) is 0 Å². The molecule has 1 saturated heterocycles. The number of nitrogens with one attached hydrogen (secondary N) is 1. The largest absolute Gasteiger partial charge is 0.419 e. The first-order chi connectivity index (χ1) is 12.6. The minimum Gasteiger partial charge on any atom is -0.408 e. The Bertz CT molecular complexity index is 1020. The second-order valence-electron chi connectivity index (χ2n) is 6.45. The number of aryl methyl sites for hydroxylation is 2. The van der Waals surface area contributed by atoms with Crippen molar-refractivity contribution in [2.45, 2.75) is 39.3 Å². The van der Waals surface area contributed by atoms with Crippen LogP contribution in [0, 0.1) is 6.92 Å². The fraction of sp³-hybridized carbons (Fsp3) is 0.389. The number of carbonyl (C=O) groups excluding carboxylic acids is 1. The summed E-state index contributed by atoms with van der Waals surface area (Å²) in [6, 6.07) is 6.76. The van der Waals surface area contributed by atoms with E-state index in [4.69, 9.17) is 8.94 Å². The summed E-state index contributed by atoms with van der Waals surface area (Å²) in [6.45, 7) is 4.92. The number of oxazole rings is 1. The van der Waals surface area contributed by atoms with Crippen molar-refractivity contribution in [2.24, 2.45) is 0 Å². The van der Waals surface area contributed by atoms with Gasteiger partial charge in [0.1, 0.15) is 0 Å². The van der Waals surface area contributed by atoms with Gasteiger partial charge in [-0.15, -0.1) is 0 Å². The summed E-state index contributed by atoms with van der Waals surface area (Å²) in [7, 11) is 0. The summed E-state index contributed by atoms with van der Waals surface area (Å²) in [6.07, 6.45) is 1.75. The molecule has 3 heterocycles. The number of carbonyl (C=O) groups is 1. The number of hydrogen-bond donors (Lipinski definition) is 1. The Morgan fingerprint density at radius 3 is 2.96 bits per heavy atom. The average molecular weight is 356 g/mol. The quantitative estimate of drug-likeness (QED) is 0.777. The van der Waals surface area contributed by atoms with E-state index in [2.05, 4.69) is 10.5 Å². The van der Waals surface area contributed by atoms with Crippen LogP contribution in [0.1, 0.15) is 37.3 Å². The number of anilines is 1. The second kappa shape index (κ2) is 6.36. The number of hydrogen-bond acceptors (Lipinski definition) is 5. The summed E-state index contributed by atoms with van der Waals surface area (Å²) in [4.78, 5) is 26.3. The zero-order chi connectivity index (χ0) is 18.3. The van der Waals surface area contributed by atoms with Crippen molar-refractivity contribution in [3.63, 3.8) is 0 Å². The van der Waals surface area contributed by atoms with Crippen LogP contribution in [-0.2, 0) is 6.54 Å². The van der Waals surface area contributed by atoms with Gasteiger partial charge in [0.25, 0.3) is 0 Å². The molecule has 0 unspecified atom stereocenters. The molecule has 1 N–H and O–H groups in total. The van der Waals surface area contributed by atoms with Crippen molar-refractivity contribution in [3.8, 4) is 0 Å². The maximum atomic E-state index is 12.7. The van der Waals surface area contributed by atoms with Crippen molar-refractivity contribution in [3.05, 3.63) is 46.3 Å². The fourth-order valence-electron chi connectivity index (χ4n) is 3.48. The minimum atomic E-state index is -0.397. The normalized spacial score (nSPS) is 17.2. The molecule has 8 nitrogen and oxygen atoms in total. The summed E-state index contributed by atoms with van der Waals surface area (Å²) in [5.41, 5.74) is 2.55. The average Bonchev–Trinajstić information content (AvgIpc) is 3.31. The Morgan fingerprint density at radius 2 is 2.23 bits per heavy atom. The van der Waals surface area contributed by atoms with E-state index in [1.54, 1.807) is 27.7 Å². The Labute approximate surface area is 149 Å². The van der Waals surface area contributed by atoms with Gasteiger partial charge < -0.3 is 19.2 Å². The van der Waals surface area contributed by atoms with Crippen molar-refractivity contribution in [1.82, 2.24) is 14.6 Å². The monoisotopic (exact) mass is 356 g/mol. The number of aromatic nitrogens is 2. The van der Waals surface area contributed by atoms with Crippen LogP contribution in [0.4, 0.5) is 10.5 Å². The SMILES string of the molecule is CCn1c(=O)oc2cc(NC(=O)N3CCC[C@@H]3c3cc(C)no3)ccc21. The second-order valence-corrected chi connectivity index (χ2v) is 6.45. The van der Waals surface area contributed by atoms with Gasteiger partial charge >= 0.3 is 11.8 Å². The van der Waals surface area contributed by atoms with E-state index >= 15 is 0 Å². The van der Waals surface area contributed by atoms with Crippen LogP contribution in [0.25, 0.3) is 11.1 Å². The van der Waals surface area contributed by atoms with Crippen LogP contribution in [0.15, 0.2) is 38.0 Å². The molecule has 1 aromatic carbocycles. The maximum absolute atomic E-state index is 12.7. The summed E-state index contributed by atoms with van der Waals surface area (Å²) < 4.78 is 12.1. The molecule has 8 heteroatoms. The molecule has 0 aliphatic carbocycles. The predicted molar refractivity (Wildman–Crippen MR) is 95.1 cm³/mol. The molecular formula is C18H20N4O4. The highest BCUT2D eigenvalue weighted by molar-refractivity contribution is 5.92. The van der Waals surface area contributed by atoms with Gasteiger partial charge in [0.15, 0.2) is 11.3 Å². The lowest BCUT2D eigenvalue weighted by atomic mass is 10.1. The van der Waals surface area contributed by atoms with Crippen LogP contribution in [-0.4, -0.2) is 27.2 Å². The molecule has 1 fully saturated rings. The number of nitrogens with zero attached hydrogens (tertiary/aromatic N) is 3. The number of fused-ring (bicyclic) bond motifs is 1. The molecule has 0 spiro atoms. The number of rotatable bonds is 3. The topological polar surface area (TPSA) is 93.5 Å². The number of benzene rings is 1. The Balaban J connectivity index is 1.55. The molecule has 1 atom stereocenters. The lowest BCUT2D eigenvalue weighted by molar-refractivity contribution is 0.195. The van der Waals surface area contributed by atoms with Gasteiger partial charge in [0.05, 0.1) is 17.3 Å². The van der Waals surface area contributed by atoms with E-state index in [1.807, 2.05) is 19.9 Å². The summed E-state index contributed by atoms with van der Waals surface area (Å²) >= 11 is 0. The highest BCUT2D eigenvalue weighted by atomic mass is 16.5. The molecule has 26 heavy (non-hydrogen) atoms. The third kappa shape index (κ3) is 2.77. The molecule has 4 rings (SSSR count). The Hall–Kier alpha value is -3.03. The molecule has 2 aromatic heterocycles. The number of urea groups is 1. The van der Waals surface area contributed by atoms with Crippen LogP contribution < -0.4 is 11.1 Å². The van der Waals surface area contributed by atoms with Crippen molar-refractivity contribution >= 4 is 22.8 Å². The summed E-state index contributed by atoms with van der Waals surface area (Å²) in [5.74, 6) is 0.308. The van der Waals surface area contributed by atoms with Crippen LogP contribution in [0.2, 0.25) is 0 Å². The highest BCUT2D eigenvalue weighted by Gasteiger charge is 2.32. The first-order valence-corrected chi connectivity index (χ1v) is 8.71. The molecule has 1 aliphatic rings. The van der Waals surface area contributed by atoms with Crippen LogP contribution >= 0.6 is 0 Å². The summed E-state index contributed by atoms with van der Waals surface area (Å²) in [5, 5.41) is 6.80. The zero-order valence-corrected chi connectivity index (χ0v) is 14.7. The van der Waals surface area contributed by atoms with Crippen molar-refractivity contribution in [1.29, 1.82) is 0 Å². The molecule has 1 aliphatic heterocycles. The first-order valence-electron chi connectivity index (χ1n) is 8.71. The molecule has 136 valence electrons. The van der Waals surface area contributed by atoms with E-state index in [1.165, 1.54) is 0 Å². The van der Waals surface area contributed by atoms with Gasteiger partial charge in [-0.1, -0.05) is 5.16 Å². The number of amides is 2. The molecule has 2 amide bonds. The molecule has 3 aromatic rings. The number of likely N-dealkylation sites (tertiary alicyclic amines) is 1. The molecule has 0 saturated carbocycles. The van der Waals surface area contributed by atoms with Gasteiger partial charge in [-0.2, -0.15) is 0 Å². The highest BCUT2D eigenvalue weighted by Crippen LogP contribution is 2.32. The third-order valence-corrected chi connectivity index (χ3v) is 4.72. The first kappa shape index (κ1) is 16.4. The standard InChI is InChI=1S/C18H20N4O4/c1-3-21-14-7-6-12(10-15(14)25-18(21)24)19-17(23)22-8-4-5-13(22)16-9-11(2)20-26-16/h6-7,9-10,13H,3-5,8H2,1-2H3,(H,19,23)/t13-/m1/s1. The van der Waals surface area contributed by atoms with Crippen molar-refractivity contribution in [2.75, 3.05) is 11.9 Å². The Kier molecular flexibility index (Phi) is 4.02. The third-order valence-electron chi connectivity index (χ3n) is 4.72. The van der Waals surface area contributed by atoms with E-state index in [9.17, 15) is 9.59 Å². The lowest BCUT2D eigenvalue weighted by Crippen LogP contribution is -2.34. The molecular weight excluding hydrogens is 336 g/mol. The van der Waals surface area contributed by atoms with Gasteiger partial charge in [-0.05, 0) is 38.8 Å². The van der Waals surface area contributed by atoms with Gasteiger partial charge in [-0.3, -0.25) is 4.57 Å². The van der Waals surface area contributed by atoms with Gasteiger partial charge in [-0.25, -0.2) is 9.59 Å². The van der Waals surface area contributed by atoms with Crippen LogP contribution in [0.3, 0.4) is 0 Å². The molecule has 0 radical (unpaired) electrons. The van der Waals surface area contributed by atoms with E-state index in [-0.39, 0.29) is 12.1 Å². The Morgan fingerprint density at radius 1 is 1.38 bits per heavy atom.